The molecule has 0 aliphatic heterocycles. The van der Waals surface area contributed by atoms with Crippen LogP contribution in [0.4, 0.5) is 0 Å². The van der Waals surface area contributed by atoms with Crippen LogP contribution < -0.4 is 11.5 Å². The maximum absolute atomic E-state index is 11.0. The molecule has 5 nitrogen and oxygen atoms in total. The molecular formula is C12H14N4O. The van der Waals surface area contributed by atoms with Crippen molar-refractivity contribution in [2.45, 2.75) is 13.5 Å². The van der Waals surface area contributed by atoms with Gasteiger partial charge in [0.05, 0.1) is 5.69 Å². The van der Waals surface area contributed by atoms with Crippen LogP contribution in [0.5, 0.6) is 0 Å². The fraction of sp³-hybridized carbons (Fsp3) is 0.167. The highest BCUT2D eigenvalue weighted by Gasteiger charge is 2.07. The number of carbonyl (C=O) groups excluding carboxylic acids is 1. The number of carbonyl (C=O) groups is 1. The topological polar surface area (TPSA) is 86.9 Å². The highest BCUT2D eigenvalue weighted by molar-refractivity contribution is 5.90. The van der Waals surface area contributed by atoms with Gasteiger partial charge in [0.15, 0.2) is 0 Å². The van der Waals surface area contributed by atoms with Gasteiger partial charge in [0.2, 0.25) is 0 Å². The molecule has 0 saturated heterocycles. The molecule has 2 aromatic rings. The summed E-state index contributed by atoms with van der Waals surface area (Å²) in [6.45, 7) is 2.48. The average molecular weight is 230 g/mol. The molecule has 0 atom stereocenters. The number of hydrogen-bond acceptors (Lipinski definition) is 3. The van der Waals surface area contributed by atoms with Crippen LogP contribution in [0.3, 0.4) is 0 Å². The molecule has 88 valence electrons. The summed E-state index contributed by atoms with van der Waals surface area (Å²) in [5.74, 6) is -0.528. The van der Waals surface area contributed by atoms with Gasteiger partial charge in [-0.05, 0) is 30.2 Å². The van der Waals surface area contributed by atoms with Gasteiger partial charge >= 0.3 is 0 Å². The van der Waals surface area contributed by atoms with Crippen molar-refractivity contribution < 1.29 is 4.79 Å². The van der Waals surface area contributed by atoms with Crippen molar-refractivity contribution in [3.63, 3.8) is 0 Å². The van der Waals surface area contributed by atoms with Crippen molar-refractivity contribution in [2.75, 3.05) is 0 Å². The van der Waals surface area contributed by atoms with Gasteiger partial charge in [-0.1, -0.05) is 12.1 Å². The van der Waals surface area contributed by atoms with E-state index >= 15 is 0 Å². The standard InChI is InChI=1S/C12H14N4O/c1-8-6-9(7-13)2-3-11(8)16-5-4-10(15-16)12(14)17/h2-6H,7,13H2,1H3,(H2,14,17). The predicted molar refractivity (Wildman–Crippen MR) is 64.7 cm³/mol. The Kier molecular flexibility index (Phi) is 2.93. The molecule has 1 heterocycles. The van der Waals surface area contributed by atoms with Gasteiger partial charge in [-0.2, -0.15) is 5.10 Å². The van der Waals surface area contributed by atoms with Crippen molar-refractivity contribution in [1.29, 1.82) is 0 Å². The van der Waals surface area contributed by atoms with E-state index in [1.54, 1.807) is 16.9 Å². The van der Waals surface area contributed by atoms with Crippen molar-refractivity contribution in [2.24, 2.45) is 11.5 Å². The molecule has 0 saturated carbocycles. The van der Waals surface area contributed by atoms with Crippen LogP contribution in [0.1, 0.15) is 21.6 Å². The van der Waals surface area contributed by atoms with E-state index in [2.05, 4.69) is 5.10 Å². The molecule has 17 heavy (non-hydrogen) atoms. The van der Waals surface area contributed by atoms with Crippen LogP contribution in [0.25, 0.3) is 5.69 Å². The zero-order valence-electron chi connectivity index (χ0n) is 9.55. The first-order valence-electron chi connectivity index (χ1n) is 5.27. The summed E-state index contributed by atoms with van der Waals surface area (Å²) in [5.41, 5.74) is 14.0. The van der Waals surface area contributed by atoms with E-state index in [0.717, 1.165) is 16.8 Å². The van der Waals surface area contributed by atoms with E-state index in [4.69, 9.17) is 11.5 Å². The van der Waals surface area contributed by atoms with Gasteiger partial charge in [0, 0.05) is 12.7 Å². The highest BCUT2D eigenvalue weighted by Crippen LogP contribution is 2.15. The first kappa shape index (κ1) is 11.3. The Morgan fingerprint density at radius 3 is 2.71 bits per heavy atom. The molecule has 0 bridgehead atoms. The zero-order chi connectivity index (χ0) is 12.4. The molecule has 1 aromatic carbocycles. The molecule has 4 N–H and O–H groups in total. The predicted octanol–water partition coefficient (Wildman–Crippen LogP) is 0.738. The number of nitrogens with two attached hydrogens (primary N) is 2. The highest BCUT2D eigenvalue weighted by atomic mass is 16.1. The van der Waals surface area contributed by atoms with Gasteiger partial charge in [-0.25, -0.2) is 4.68 Å². The molecule has 1 aromatic heterocycles. The minimum absolute atomic E-state index is 0.257. The van der Waals surface area contributed by atoms with Crippen molar-refractivity contribution in [3.8, 4) is 5.69 Å². The van der Waals surface area contributed by atoms with E-state index in [1.165, 1.54) is 0 Å². The Morgan fingerprint density at radius 1 is 1.41 bits per heavy atom. The second-order valence-corrected chi connectivity index (χ2v) is 3.83. The molecule has 1 amide bonds. The van der Waals surface area contributed by atoms with Crippen LogP contribution in [-0.4, -0.2) is 15.7 Å². The molecule has 2 rings (SSSR count). The Bertz CT molecular complexity index is 559. The van der Waals surface area contributed by atoms with Crippen LogP contribution in [0, 0.1) is 6.92 Å². The Labute approximate surface area is 99.0 Å². The summed E-state index contributed by atoms with van der Waals surface area (Å²) in [4.78, 5) is 11.0. The summed E-state index contributed by atoms with van der Waals surface area (Å²) in [7, 11) is 0. The number of hydrogen-bond donors (Lipinski definition) is 2. The minimum Gasteiger partial charge on any atom is -0.364 e. The number of aromatic nitrogens is 2. The van der Waals surface area contributed by atoms with E-state index < -0.39 is 5.91 Å². The third kappa shape index (κ3) is 2.19. The molecule has 0 unspecified atom stereocenters. The number of aryl methyl sites for hydroxylation is 1. The van der Waals surface area contributed by atoms with E-state index in [-0.39, 0.29) is 5.69 Å². The summed E-state index contributed by atoms with van der Waals surface area (Å²) < 4.78 is 1.63. The zero-order valence-corrected chi connectivity index (χ0v) is 9.55. The average Bonchev–Trinajstić information content (AvgIpc) is 2.78. The lowest BCUT2D eigenvalue weighted by Crippen LogP contribution is -2.12. The monoisotopic (exact) mass is 230 g/mol. The second kappa shape index (κ2) is 4.39. The molecule has 0 aliphatic rings. The van der Waals surface area contributed by atoms with Crippen LogP contribution >= 0.6 is 0 Å². The summed E-state index contributed by atoms with van der Waals surface area (Å²) >= 11 is 0. The molecular weight excluding hydrogens is 216 g/mol. The lowest BCUT2D eigenvalue weighted by molar-refractivity contribution is 0.0995. The second-order valence-electron chi connectivity index (χ2n) is 3.83. The first-order valence-corrected chi connectivity index (χ1v) is 5.27. The minimum atomic E-state index is -0.528. The van der Waals surface area contributed by atoms with Crippen molar-refractivity contribution >= 4 is 5.91 Å². The first-order chi connectivity index (χ1) is 8.11. The molecule has 0 fully saturated rings. The molecule has 5 heteroatoms. The Hall–Kier alpha value is -2.14. The summed E-state index contributed by atoms with van der Waals surface area (Å²) in [6.07, 6.45) is 1.71. The lowest BCUT2D eigenvalue weighted by atomic mass is 10.1. The van der Waals surface area contributed by atoms with E-state index in [1.807, 2.05) is 25.1 Å². The van der Waals surface area contributed by atoms with Gasteiger partial charge in [0.1, 0.15) is 5.69 Å². The Morgan fingerprint density at radius 2 is 2.18 bits per heavy atom. The normalized spacial score (nSPS) is 10.5. The fourth-order valence-corrected chi connectivity index (χ4v) is 1.69. The van der Waals surface area contributed by atoms with Gasteiger partial charge in [-0.15, -0.1) is 0 Å². The maximum Gasteiger partial charge on any atom is 0.269 e. The fourth-order valence-electron chi connectivity index (χ4n) is 1.69. The van der Waals surface area contributed by atoms with Gasteiger partial charge < -0.3 is 11.5 Å². The number of nitrogens with zero attached hydrogens (tertiary/aromatic N) is 2. The smallest absolute Gasteiger partial charge is 0.269 e. The third-order valence-corrected chi connectivity index (χ3v) is 2.59. The maximum atomic E-state index is 11.0. The number of amides is 1. The number of benzene rings is 1. The van der Waals surface area contributed by atoms with Crippen LogP contribution in [0.2, 0.25) is 0 Å². The van der Waals surface area contributed by atoms with E-state index in [9.17, 15) is 4.79 Å². The SMILES string of the molecule is Cc1cc(CN)ccc1-n1ccc(C(N)=O)n1. The van der Waals surface area contributed by atoms with E-state index in [0.29, 0.717) is 6.54 Å². The molecule has 0 radical (unpaired) electrons. The van der Waals surface area contributed by atoms with Gasteiger partial charge in [-0.3, -0.25) is 4.79 Å². The van der Waals surface area contributed by atoms with Gasteiger partial charge in [0.25, 0.3) is 5.91 Å². The van der Waals surface area contributed by atoms with Crippen LogP contribution in [0.15, 0.2) is 30.5 Å². The summed E-state index contributed by atoms with van der Waals surface area (Å²) in [6, 6.07) is 7.46. The van der Waals surface area contributed by atoms with Crippen molar-refractivity contribution in [1.82, 2.24) is 9.78 Å². The Balaban J connectivity index is 2.42. The quantitative estimate of drug-likeness (QED) is 0.815. The third-order valence-electron chi connectivity index (χ3n) is 2.59. The summed E-state index contributed by atoms with van der Waals surface area (Å²) in [5, 5.41) is 4.11. The largest absolute Gasteiger partial charge is 0.364 e. The number of rotatable bonds is 3. The lowest BCUT2D eigenvalue weighted by Gasteiger charge is -2.07. The number of primary amides is 1. The van der Waals surface area contributed by atoms with Crippen LogP contribution in [-0.2, 0) is 6.54 Å². The van der Waals surface area contributed by atoms with Crippen molar-refractivity contribution in [3.05, 3.63) is 47.3 Å². The molecule has 0 spiro atoms. The molecule has 0 aliphatic carbocycles.